The summed E-state index contributed by atoms with van der Waals surface area (Å²) in [4.78, 5) is 5.59. The molecule has 0 radical (unpaired) electrons. The van der Waals surface area contributed by atoms with Gasteiger partial charge in [0.1, 0.15) is 0 Å². The Balaban J connectivity index is 1.23. The van der Waals surface area contributed by atoms with Gasteiger partial charge >= 0.3 is 0 Å². The minimum absolute atomic E-state index is 1.06. The summed E-state index contributed by atoms with van der Waals surface area (Å²) >= 11 is 0. The van der Waals surface area contributed by atoms with Crippen LogP contribution >= 0.6 is 0 Å². The minimum atomic E-state index is 1.06. The van der Waals surface area contributed by atoms with E-state index < -0.39 is 0 Å². The van der Waals surface area contributed by atoms with Gasteiger partial charge in [-0.2, -0.15) is 0 Å². The molecule has 0 aromatic carbocycles. The molecule has 20 heavy (non-hydrogen) atoms. The standard InChI is InChI=1S/C18H32N2/c1-2-6-16-12-19(11-15(16)5-1)9-10-20-13-17-7-3-4-8-18(17)14-20/h15-18H,1-14H2/t15-,16+,17-,18+. The molecular weight excluding hydrogens is 244 g/mol. The van der Waals surface area contributed by atoms with Gasteiger partial charge in [0.15, 0.2) is 0 Å². The number of nitrogens with zero attached hydrogens (tertiary/aromatic N) is 2. The Labute approximate surface area is 124 Å². The molecule has 114 valence electrons. The van der Waals surface area contributed by atoms with Crippen molar-refractivity contribution in [2.45, 2.75) is 51.4 Å². The van der Waals surface area contributed by atoms with E-state index in [1.54, 1.807) is 0 Å². The van der Waals surface area contributed by atoms with Crippen LogP contribution in [0.5, 0.6) is 0 Å². The second kappa shape index (κ2) is 5.96. The van der Waals surface area contributed by atoms with Crippen molar-refractivity contribution in [3.8, 4) is 0 Å². The molecule has 4 aliphatic rings. The Morgan fingerprint density at radius 2 is 0.800 bits per heavy atom. The van der Waals surface area contributed by atoms with Gasteiger partial charge < -0.3 is 9.80 Å². The number of rotatable bonds is 3. The molecule has 4 atom stereocenters. The lowest BCUT2D eigenvalue weighted by atomic mass is 9.82. The third kappa shape index (κ3) is 2.78. The Morgan fingerprint density at radius 1 is 0.500 bits per heavy atom. The van der Waals surface area contributed by atoms with Crippen LogP contribution in [0.1, 0.15) is 51.4 Å². The summed E-state index contributed by atoms with van der Waals surface area (Å²) in [5.41, 5.74) is 0. The minimum Gasteiger partial charge on any atom is -0.301 e. The van der Waals surface area contributed by atoms with Crippen molar-refractivity contribution in [1.29, 1.82) is 0 Å². The molecule has 4 fully saturated rings. The monoisotopic (exact) mass is 276 g/mol. The molecule has 2 aliphatic carbocycles. The Morgan fingerprint density at radius 3 is 1.10 bits per heavy atom. The van der Waals surface area contributed by atoms with Crippen LogP contribution in [-0.2, 0) is 0 Å². The fourth-order valence-electron chi connectivity index (χ4n) is 5.65. The average Bonchev–Trinajstić information content (AvgIpc) is 3.07. The van der Waals surface area contributed by atoms with Crippen LogP contribution < -0.4 is 0 Å². The molecule has 0 aromatic heterocycles. The number of fused-ring (bicyclic) bond motifs is 2. The van der Waals surface area contributed by atoms with Crippen molar-refractivity contribution in [1.82, 2.24) is 9.80 Å². The van der Waals surface area contributed by atoms with Crippen LogP contribution in [0.4, 0.5) is 0 Å². The van der Waals surface area contributed by atoms with Gasteiger partial charge in [0.25, 0.3) is 0 Å². The Bertz CT molecular complexity index is 269. The van der Waals surface area contributed by atoms with Crippen LogP contribution in [0.15, 0.2) is 0 Å². The first-order chi connectivity index (χ1) is 9.88. The summed E-state index contributed by atoms with van der Waals surface area (Å²) in [5, 5.41) is 0. The van der Waals surface area contributed by atoms with Crippen molar-refractivity contribution in [2.75, 3.05) is 39.3 Å². The Hall–Kier alpha value is -0.0800. The van der Waals surface area contributed by atoms with Crippen LogP contribution in [0.25, 0.3) is 0 Å². The quantitative estimate of drug-likeness (QED) is 0.781. The summed E-state index contributed by atoms with van der Waals surface area (Å²) in [6, 6.07) is 0. The van der Waals surface area contributed by atoms with Gasteiger partial charge in [-0.1, -0.05) is 25.7 Å². The highest BCUT2D eigenvalue weighted by Gasteiger charge is 2.36. The van der Waals surface area contributed by atoms with Crippen LogP contribution in [0, 0.1) is 23.7 Å². The lowest BCUT2D eigenvalue weighted by Crippen LogP contribution is -2.33. The van der Waals surface area contributed by atoms with Crippen LogP contribution in [0.3, 0.4) is 0 Å². The van der Waals surface area contributed by atoms with Crippen LogP contribution in [-0.4, -0.2) is 49.1 Å². The van der Waals surface area contributed by atoms with Crippen LogP contribution in [0.2, 0.25) is 0 Å². The fraction of sp³-hybridized carbons (Fsp3) is 1.00. The van der Waals surface area contributed by atoms with E-state index in [0.29, 0.717) is 0 Å². The van der Waals surface area contributed by atoms with Gasteiger partial charge in [0, 0.05) is 39.3 Å². The van der Waals surface area contributed by atoms with Crippen molar-refractivity contribution in [3.63, 3.8) is 0 Å². The van der Waals surface area contributed by atoms with E-state index in [2.05, 4.69) is 9.80 Å². The maximum atomic E-state index is 2.79. The van der Waals surface area contributed by atoms with E-state index in [0.717, 1.165) is 23.7 Å². The third-order valence-electron chi connectivity index (χ3n) is 6.84. The van der Waals surface area contributed by atoms with E-state index in [-0.39, 0.29) is 0 Å². The largest absolute Gasteiger partial charge is 0.301 e. The summed E-state index contributed by atoms with van der Waals surface area (Å²) in [7, 11) is 0. The number of hydrogen-bond donors (Lipinski definition) is 0. The van der Waals surface area contributed by atoms with E-state index >= 15 is 0 Å². The normalized spacial score (nSPS) is 42.6. The summed E-state index contributed by atoms with van der Waals surface area (Å²) in [5.74, 6) is 4.24. The lowest BCUT2D eigenvalue weighted by molar-refractivity contribution is 0.243. The molecular formula is C18H32N2. The molecule has 2 aliphatic heterocycles. The summed E-state index contributed by atoms with van der Waals surface area (Å²) in [6.07, 6.45) is 12.1. The first-order valence-corrected chi connectivity index (χ1v) is 9.33. The van der Waals surface area contributed by atoms with E-state index in [4.69, 9.17) is 0 Å². The predicted octanol–water partition coefficient (Wildman–Crippen LogP) is 3.23. The highest BCUT2D eigenvalue weighted by molar-refractivity contribution is 4.89. The summed E-state index contributed by atoms with van der Waals surface area (Å²) in [6.45, 7) is 8.40. The maximum Gasteiger partial charge on any atom is 0.0110 e. The molecule has 2 heteroatoms. The van der Waals surface area contributed by atoms with Crippen molar-refractivity contribution in [3.05, 3.63) is 0 Å². The van der Waals surface area contributed by atoms with Gasteiger partial charge in [-0.15, -0.1) is 0 Å². The second-order valence-corrected chi connectivity index (χ2v) is 8.13. The van der Waals surface area contributed by atoms with Gasteiger partial charge in [-0.25, -0.2) is 0 Å². The van der Waals surface area contributed by atoms with E-state index in [1.807, 2.05) is 0 Å². The Kier molecular flexibility index (Phi) is 4.05. The molecule has 0 aromatic rings. The average molecular weight is 276 g/mol. The SMILES string of the molecule is C1CC[C@H]2CN(CCN3C[C@H]4CCCC[C@H]4C3)C[C@H]2C1. The topological polar surface area (TPSA) is 6.48 Å². The molecule has 2 saturated carbocycles. The van der Waals surface area contributed by atoms with Crippen molar-refractivity contribution < 1.29 is 0 Å². The molecule has 0 unspecified atom stereocenters. The first-order valence-electron chi connectivity index (χ1n) is 9.33. The van der Waals surface area contributed by atoms with Gasteiger partial charge in [0.05, 0.1) is 0 Å². The number of likely N-dealkylation sites (tertiary alicyclic amines) is 2. The van der Waals surface area contributed by atoms with E-state index in [9.17, 15) is 0 Å². The van der Waals surface area contributed by atoms with Gasteiger partial charge in [-0.05, 0) is 49.4 Å². The highest BCUT2D eigenvalue weighted by Crippen LogP contribution is 2.37. The van der Waals surface area contributed by atoms with E-state index in [1.165, 1.54) is 90.6 Å². The second-order valence-electron chi connectivity index (χ2n) is 8.13. The van der Waals surface area contributed by atoms with Gasteiger partial charge in [0.2, 0.25) is 0 Å². The molecule has 2 heterocycles. The summed E-state index contributed by atoms with van der Waals surface area (Å²) < 4.78 is 0. The van der Waals surface area contributed by atoms with Crippen molar-refractivity contribution >= 4 is 0 Å². The molecule has 2 saturated heterocycles. The molecule has 2 nitrogen and oxygen atoms in total. The zero-order valence-corrected chi connectivity index (χ0v) is 13.1. The zero-order valence-electron chi connectivity index (χ0n) is 13.1. The van der Waals surface area contributed by atoms with Crippen molar-refractivity contribution in [2.24, 2.45) is 23.7 Å². The first kappa shape index (κ1) is 13.6. The molecule has 0 N–H and O–H groups in total. The molecule has 4 rings (SSSR count). The molecule has 0 amide bonds. The third-order valence-corrected chi connectivity index (χ3v) is 6.84. The smallest absolute Gasteiger partial charge is 0.0110 e. The van der Waals surface area contributed by atoms with Gasteiger partial charge in [-0.3, -0.25) is 0 Å². The molecule has 0 bridgehead atoms. The fourth-order valence-corrected chi connectivity index (χ4v) is 5.65. The lowest BCUT2D eigenvalue weighted by Gasteiger charge is -2.23. The maximum absolute atomic E-state index is 2.79. The predicted molar refractivity (Wildman–Crippen MR) is 83.8 cm³/mol. The number of hydrogen-bond acceptors (Lipinski definition) is 2. The zero-order chi connectivity index (χ0) is 13.4. The molecule has 0 spiro atoms. The highest BCUT2D eigenvalue weighted by atomic mass is 15.2.